The second kappa shape index (κ2) is 6.34. The first kappa shape index (κ1) is 13.6. The molecular formula is C16H20N2O. The summed E-state index contributed by atoms with van der Waals surface area (Å²) < 4.78 is 5.39. The van der Waals surface area contributed by atoms with Crippen molar-refractivity contribution in [2.45, 2.75) is 26.4 Å². The van der Waals surface area contributed by atoms with E-state index >= 15 is 0 Å². The Morgan fingerprint density at radius 3 is 2.63 bits per heavy atom. The van der Waals surface area contributed by atoms with E-state index in [1.165, 1.54) is 16.7 Å². The molecule has 19 heavy (non-hydrogen) atoms. The van der Waals surface area contributed by atoms with Gasteiger partial charge in [-0.15, -0.1) is 0 Å². The summed E-state index contributed by atoms with van der Waals surface area (Å²) in [5, 5.41) is 3.51. The minimum absolute atomic E-state index is 0.285. The van der Waals surface area contributed by atoms with Crippen LogP contribution in [0.1, 0.15) is 29.7 Å². The molecule has 2 rings (SSSR count). The molecule has 1 atom stereocenters. The van der Waals surface area contributed by atoms with Gasteiger partial charge >= 0.3 is 0 Å². The lowest BCUT2D eigenvalue weighted by Crippen LogP contribution is -2.18. The van der Waals surface area contributed by atoms with Crippen molar-refractivity contribution in [1.29, 1.82) is 0 Å². The molecule has 0 bridgehead atoms. The van der Waals surface area contributed by atoms with Gasteiger partial charge in [0.15, 0.2) is 0 Å². The molecule has 3 heteroatoms. The highest BCUT2D eigenvalue weighted by atomic mass is 16.5. The maximum Gasteiger partial charge on any atom is 0.123 e. The van der Waals surface area contributed by atoms with Crippen molar-refractivity contribution in [3.63, 3.8) is 0 Å². The van der Waals surface area contributed by atoms with Crippen LogP contribution in [0.5, 0.6) is 5.75 Å². The molecular weight excluding hydrogens is 236 g/mol. The Kier molecular flexibility index (Phi) is 4.53. The third-order valence-corrected chi connectivity index (χ3v) is 3.24. The van der Waals surface area contributed by atoms with Crippen LogP contribution in [0.3, 0.4) is 0 Å². The molecule has 0 aliphatic rings. The van der Waals surface area contributed by atoms with Crippen LogP contribution >= 0.6 is 0 Å². The number of pyridine rings is 1. The second-order valence-corrected chi connectivity index (χ2v) is 4.70. The number of methoxy groups -OCH3 is 1. The molecule has 0 saturated heterocycles. The molecule has 0 spiro atoms. The largest absolute Gasteiger partial charge is 0.496 e. The predicted molar refractivity (Wildman–Crippen MR) is 77.2 cm³/mol. The van der Waals surface area contributed by atoms with E-state index in [0.717, 1.165) is 12.3 Å². The van der Waals surface area contributed by atoms with Gasteiger partial charge in [-0.1, -0.05) is 17.7 Å². The van der Waals surface area contributed by atoms with Gasteiger partial charge in [0, 0.05) is 30.5 Å². The number of hydrogen-bond acceptors (Lipinski definition) is 3. The van der Waals surface area contributed by atoms with Gasteiger partial charge in [0.1, 0.15) is 5.75 Å². The van der Waals surface area contributed by atoms with Crippen LogP contribution in [0.4, 0.5) is 0 Å². The van der Waals surface area contributed by atoms with Gasteiger partial charge in [-0.05, 0) is 37.6 Å². The second-order valence-electron chi connectivity index (χ2n) is 4.70. The number of ether oxygens (including phenoxy) is 1. The molecule has 0 amide bonds. The average Bonchev–Trinajstić information content (AvgIpc) is 2.46. The normalized spacial score (nSPS) is 12.2. The van der Waals surface area contributed by atoms with Gasteiger partial charge in [0.2, 0.25) is 0 Å². The quantitative estimate of drug-likeness (QED) is 0.891. The van der Waals surface area contributed by atoms with Gasteiger partial charge in [-0.2, -0.15) is 0 Å². The summed E-state index contributed by atoms with van der Waals surface area (Å²) in [4.78, 5) is 4.04. The highest BCUT2D eigenvalue weighted by Crippen LogP contribution is 2.20. The van der Waals surface area contributed by atoms with Crippen molar-refractivity contribution < 1.29 is 4.74 Å². The smallest absolute Gasteiger partial charge is 0.123 e. The maximum atomic E-state index is 5.39. The zero-order valence-electron chi connectivity index (χ0n) is 11.7. The summed E-state index contributed by atoms with van der Waals surface area (Å²) in [5.41, 5.74) is 3.67. The van der Waals surface area contributed by atoms with Gasteiger partial charge in [0.25, 0.3) is 0 Å². The minimum Gasteiger partial charge on any atom is -0.496 e. The monoisotopic (exact) mass is 256 g/mol. The summed E-state index contributed by atoms with van der Waals surface area (Å²) in [6.45, 7) is 5.03. The van der Waals surface area contributed by atoms with Crippen molar-refractivity contribution in [2.75, 3.05) is 7.11 Å². The molecule has 0 aliphatic heterocycles. The first-order chi connectivity index (χ1) is 9.20. The molecule has 3 nitrogen and oxygen atoms in total. The van der Waals surface area contributed by atoms with Gasteiger partial charge in [0.05, 0.1) is 7.11 Å². The summed E-state index contributed by atoms with van der Waals surface area (Å²) in [5.74, 6) is 0.931. The summed E-state index contributed by atoms with van der Waals surface area (Å²) in [6, 6.07) is 10.6. The lowest BCUT2D eigenvalue weighted by atomic mass is 10.1. The van der Waals surface area contributed by atoms with Crippen molar-refractivity contribution in [2.24, 2.45) is 0 Å². The minimum atomic E-state index is 0.285. The van der Waals surface area contributed by atoms with Crippen LogP contribution < -0.4 is 10.1 Å². The van der Waals surface area contributed by atoms with Crippen molar-refractivity contribution in [3.05, 3.63) is 59.4 Å². The summed E-state index contributed by atoms with van der Waals surface area (Å²) in [6.07, 6.45) is 3.64. The van der Waals surface area contributed by atoms with E-state index in [1.54, 1.807) is 7.11 Å². The van der Waals surface area contributed by atoms with E-state index < -0.39 is 0 Å². The highest BCUT2D eigenvalue weighted by Gasteiger charge is 2.07. The van der Waals surface area contributed by atoms with E-state index in [0.29, 0.717) is 0 Å². The fourth-order valence-corrected chi connectivity index (χ4v) is 2.08. The summed E-state index contributed by atoms with van der Waals surface area (Å²) in [7, 11) is 1.71. The van der Waals surface area contributed by atoms with Crippen molar-refractivity contribution in [3.8, 4) is 5.75 Å². The van der Waals surface area contributed by atoms with E-state index in [-0.39, 0.29) is 6.04 Å². The Morgan fingerprint density at radius 2 is 1.95 bits per heavy atom. The predicted octanol–water partition coefficient (Wildman–Crippen LogP) is 3.25. The van der Waals surface area contributed by atoms with E-state index in [1.807, 2.05) is 30.6 Å². The van der Waals surface area contributed by atoms with E-state index in [9.17, 15) is 0 Å². The van der Waals surface area contributed by atoms with E-state index in [4.69, 9.17) is 4.74 Å². The van der Waals surface area contributed by atoms with Crippen LogP contribution in [0.2, 0.25) is 0 Å². The lowest BCUT2D eigenvalue weighted by Gasteiger charge is -2.16. The third-order valence-electron chi connectivity index (χ3n) is 3.24. The van der Waals surface area contributed by atoms with Gasteiger partial charge < -0.3 is 10.1 Å². The van der Waals surface area contributed by atoms with Crippen LogP contribution in [-0.2, 0) is 6.54 Å². The molecule has 0 radical (unpaired) electrons. The lowest BCUT2D eigenvalue weighted by molar-refractivity contribution is 0.406. The molecule has 100 valence electrons. The Morgan fingerprint density at radius 1 is 1.21 bits per heavy atom. The van der Waals surface area contributed by atoms with Gasteiger partial charge in [-0.25, -0.2) is 0 Å². The average molecular weight is 256 g/mol. The zero-order valence-corrected chi connectivity index (χ0v) is 11.7. The Bertz CT molecular complexity index is 526. The topological polar surface area (TPSA) is 34.1 Å². The van der Waals surface area contributed by atoms with Crippen LogP contribution in [0.25, 0.3) is 0 Å². The molecule has 0 unspecified atom stereocenters. The third kappa shape index (κ3) is 3.55. The van der Waals surface area contributed by atoms with Crippen molar-refractivity contribution >= 4 is 0 Å². The first-order valence-corrected chi connectivity index (χ1v) is 6.47. The number of aromatic nitrogens is 1. The fourth-order valence-electron chi connectivity index (χ4n) is 2.08. The molecule has 0 fully saturated rings. The standard InChI is InChI=1S/C16H20N2O/c1-12-4-5-16(19-3)15(10-12)11-18-13(2)14-6-8-17-9-7-14/h4-10,13,18H,11H2,1-3H3/t13-/m1/s1. The number of benzene rings is 1. The molecule has 1 N–H and O–H groups in total. The van der Waals surface area contributed by atoms with Crippen LogP contribution in [0.15, 0.2) is 42.7 Å². The van der Waals surface area contributed by atoms with Crippen molar-refractivity contribution in [1.82, 2.24) is 10.3 Å². The number of nitrogens with zero attached hydrogens (tertiary/aromatic N) is 1. The van der Waals surface area contributed by atoms with Crippen LogP contribution in [0, 0.1) is 6.92 Å². The number of nitrogens with one attached hydrogen (secondary N) is 1. The summed E-state index contributed by atoms with van der Waals surface area (Å²) >= 11 is 0. The number of hydrogen-bond donors (Lipinski definition) is 1. The maximum absolute atomic E-state index is 5.39. The van der Waals surface area contributed by atoms with Crippen LogP contribution in [-0.4, -0.2) is 12.1 Å². The van der Waals surface area contributed by atoms with Gasteiger partial charge in [-0.3, -0.25) is 4.98 Å². The van der Waals surface area contributed by atoms with E-state index in [2.05, 4.69) is 36.3 Å². The Balaban J connectivity index is 2.04. The molecule has 1 heterocycles. The number of rotatable bonds is 5. The molecule has 0 saturated carbocycles. The Labute approximate surface area is 114 Å². The first-order valence-electron chi connectivity index (χ1n) is 6.47. The zero-order chi connectivity index (χ0) is 13.7. The molecule has 0 aliphatic carbocycles. The molecule has 1 aromatic carbocycles. The highest BCUT2D eigenvalue weighted by molar-refractivity contribution is 5.36. The fraction of sp³-hybridized carbons (Fsp3) is 0.312. The SMILES string of the molecule is COc1ccc(C)cc1CN[C@H](C)c1ccncc1. The molecule has 1 aromatic heterocycles. The molecule has 2 aromatic rings. The number of aryl methyl sites for hydroxylation is 1. The Hall–Kier alpha value is -1.87.